The Bertz CT molecular complexity index is 1010. The second-order valence-electron chi connectivity index (χ2n) is 10.4. The molecule has 2 aromatic carbocycles. The molecule has 0 aliphatic carbocycles. The summed E-state index contributed by atoms with van der Waals surface area (Å²) in [5.74, 6) is 1.84. The Kier molecular flexibility index (Phi) is 6.71. The van der Waals surface area contributed by atoms with Crippen LogP contribution in [0.3, 0.4) is 0 Å². The fraction of sp³-hybridized carbons (Fsp3) is 0.536. The zero-order chi connectivity index (χ0) is 23.8. The summed E-state index contributed by atoms with van der Waals surface area (Å²) >= 11 is 0. The van der Waals surface area contributed by atoms with Crippen LogP contribution in [0, 0.1) is 6.92 Å². The molecule has 0 saturated carbocycles. The van der Waals surface area contributed by atoms with Crippen LogP contribution in [0.4, 0.5) is 0 Å². The molecule has 2 heterocycles. The summed E-state index contributed by atoms with van der Waals surface area (Å²) in [7, 11) is 0. The fourth-order valence-corrected chi connectivity index (χ4v) is 5.14. The Balaban J connectivity index is 1.70. The molecule has 1 N–H and O–H groups in total. The predicted octanol–water partition coefficient (Wildman–Crippen LogP) is 5.41. The van der Waals surface area contributed by atoms with Crippen molar-refractivity contribution < 1.29 is 24.1 Å². The third-order valence-corrected chi connectivity index (χ3v) is 6.65. The van der Waals surface area contributed by atoms with E-state index >= 15 is 0 Å². The van der Waals surface area contributed by atoms with Crippen molar-refractivity contribution in [3.8, 4) is 11.5 Å². The lowest BCUT2D eigenvalue weighted by Crippen LogP contribution is -2.32. The van der Waals surface area contributed by atoms with Crippen molar-refractivity contribution >= 4 is 5.97 Å². The monoisotopic (exact) mass is 452 g/mol. The third kappa shape index (κ3) is 5.19. The maximum Gasteiger partial charge on any atom is 0.308 e. The smallest absolute Gasteiger partial charge is 0.308 e. The lowest BCUT2D eigenvalue weighted by molar-refractivity contribution is -0.160. The van der Waals surface area contributed by atoms with E-state index in [2.05, 4.69) is 46.8 Å². The third-order valence-electron chi connectivity index (χ3n) is 6.65. The molecule has 2 atom stereocenters. The molecule has 1 saturated heterocycles. The van der Waals surface area contributed by atoms with Gasteiger partial charge in [-0.2, -0.15) is 0 Å². The van der Waals surface area contributed by atoms with E-state index in [1.165, 1.54) is 11.1 Å². The van der Waals surface area contributed by atoms with Crippen molar-refractivity contribution in [1.29, 1.82) is 0 Å². The van der Waals surface area contributed by atoms with Crippen LogP contribution in [0.2, 0.25) is 0 Å². The van der Waals surface area contributed by atoms with Crippen LogP contribution in [0.5, 0.6) is 11.5 Å². The molecular weight excluding hydrogens is 416 g/mol. The summed E-state index contributed by atoms with van der Waals surface area (Å²) < 4.78 is 18.5. The molecule has 0 aromatic heterocycles. The van der Waals surface area contributed by atoms with Gasteiger partial charge in [0.2, 0.25) is 0 Å². The summed E-state index contributed by atoms with van der Waals surface area (Å²) in [5, 5.41) is 10.0. The van der Waals surface area contributed by atoms with E-state index in [0.717, 1.165) is 34.6 Å². The molecule has 0 radical (unpaired) electrons. The number of aliphatic hydroxyl groups excluding tert-OH is 1. The van der Waals surface area contributed by atoms with E-state index in [1.807, 2.05) is 18.2 Å². The Morgan fingerprint density at radius 1 is 1.21 bits per heavy atom. The maximum absolute atomic E-state index is 11.8. The zero-order valence-corrected chi connectivity index (χ0v) is 20.4. The number of aliphatic hydroxyl groups is 1. The number of carbonyl (C=O) groups excluding carboxylic acids is 1. The zero-order valence-electron chi connectivity index (χ0n) is 20.4. The van der Waals surface area contributed by atoms with E-state index in [0.29, 0.717) is 25.9 Å². The number of benzene rings is 2. The van der Waals surface area contributed by atoms with Gasteiger partial charge in [-0.3, -0.25) is 4.79 Å². The van der Waals surface area contributed by atoms with Crippen LogP contribution in [0.25, 0.3) is 0 Å². The molecule has 0 bridgehead atoms. The Morgan fingerprint density at radius 3 is 2.61 bits per heavy atom. The number of hydrogen-bond acceptors (Lipinski definition) is 5. The highest BCUT2D eigenvalue weighted by atomic mass is 16.5. The molecule has 33 heavy (non-hydrogen) atoms. The Labute approximate surface area is 197 Å². The van der Waals surface area contributed by atoms with Crippen LogP contribution >= 0.6 is 0 Å². The van der Waals surface area contributed by atoms with Crippen LogP contribution in [-0.4, -0.2) is 28.9 Å². The SMILES string of the molecule is Cc1c2c(c(CC[C@@H]3C[C@@H](O)CC(=O)O3)c(C(C)C)c1OCc1ccccc1)OC(C)(C)C2. The number of esters is 1. The summed E-state index contributed by atoms with van der Waals surface area (Å²) in [5.41, 5.74) is 5.54. The largest absolute Gasteiger partial charge is 0.488 e. The maximum atomic E-state index is 11.8. The minimum atomic E-state index is -0.621. The van der Waals surface area contributed by atoms with Gasteiger partial charge in [0.1, 0.15) is 29.8 Å². The van der Waals surface area contributed by atoms with E-state index in [4.69, 9.17) is 14.2 Å². The van der Waals surface area contributed by atoms with Crippen molar-refractivity contribution in [2.24, 2.45) is 0 Å². The van der Waals surface area contributed by atoms with Crippen molar-refractivity contribution in [2.45, 2.75) is 97.1 Å². The molecule has 2 aliphatic heterocycles. The van der Waals surface area contributed by atoms with E-state index in [-0.39, 0.29) is 30.0 Å². The summed E-state index contributed by atoms with van der Waals surface area (Å²) in [4.78, 5) is 11.8. The molecule has 5 nitrogen and oxygen atoms in total. The van der Waals surface area contributed by atoms with Gasteiger partial charge in [0.25, 0.3) is 0 Å². The first-order valence-electron chi connectivity index (χ1n) is 12.1. The summed E-state index contributed by atoms with van der Waals surface area (Å²) in [6.45, 7) is 11.3. The number of rotatable bonds is 7. The molecule has 5 heteroatoms. The summed E-state index contributed by atoms with van der Waals surface area (Å²) in [6.07, 6.45) is 1.87. The van der Waals surface area contributed by atoms with Gasteiger partial charge in [0, 0.05) is 29.5 Å². The number of carbonyl (C=O) groups is 1. The van der Waals surface area contributed by atoms with E-state index in [1.54, 1.807) is 0 Å². The minimum absolute atomic E-state index is 0.0858. The van der Waals surface area contributed by atoms with Gasteiger partial charge < -0.3 is 19.3 Å². The summed E-state index contributed by atoms with van der Waals surface area (Å²) in [6, 6.07) is 10.2. The van der Waals surface area contributed by atoms with Crippen LogP contribution in [0.15, 0.2) is 30.3 Å². The normalized spacial score (nSPS) is 21.5. The van der Waals surface area contributed by atoms with Gasteiger partial charge in [-0.05, 0) is 50.7 Å². The van der Waals surface area contributed by atoms with Gasteiger partial charge in [-0.15, -0.1) is 0 Å². The standard InChI is InChI=1S/C28H36O5/c1-17(2)25-22(12-11-21-13-20(29)14-24(30)32-21)27-23(15-28(4,5)33-27)18(3)26(25)31-16-19-9-7-6-8-10-19/h6-10,17,20-21,29H,11-16H2,1-5H3/t20-,21-/m1/s1. The first-order valence-corrected chi connectivity index (χ1v) is 12.1. The van der Waals surface area contributed by atoms with Crippen LogP contribution in [-0.2, 0) is 29.0 Å². The minimum Gasteiger partial charge on any atom is -0.488 e. The highest BCUT2D eigenvalue weighted by Gasteiger charge is 2.37. The first kappa shape index (κ1) is 23.6. The molecule has 178 valence electrons. The van der Waals surface area contributed by atoms with Crippen molar-refractivity contribution in [2.75, 3.05) is 0 Å². The molecule has 0 unspecified atom stereocenters. The molecular formula is C28H36O5. The second-order valence-corrected chi connectivity index (χ2v) is 10.4. The lowest BCUT2D eigenvalue weighted by Gasteiger charge is -2.28. The predicted molar refractivity (Wildman–Crippen MR) is 128 cm³/mol. The van der Waals surface area contributed by atoms with Gasteiger partial charge in [0.05, 0.1) is 12.5 Å². The average Bonchev–Trinajstić information content (AvgIpc) is 3.07. The molecule has 0 spiro atoms. The highest BCUT2D eigenvalue weighted by molar-refractivity contribution is 5.71. The Morgan fingerprint density at radius 2 is 1.94 bits per heavy atom. The van der Waals surface area contributed by atoms with Gasteiger partial charge in [-0.1, -0.05) is 44.2 Å². The van der Waals surface area contributed by atoms with Gasteiger partial charge in [-0.25, -0.2) is 0 Å². The average molecular weight is 453 g/mol. The molecule has 0 amide bonds. The van der Waals surface area contributed by atoms with E-state index < -0.39 is 6.10 Å². The highest BCUT2D eigenvalue weighted by Crippen LogP contribution is 2.48. The number of cyclic esters (lactones) is 1. The van der Waals surface area contributed by atoms with Crippen molar-refractivity contribution in [1.82, 2.24) is 0 Å². The number of ether oxygens (including phenoxy) is 3. The molecule has 2 aromatic rings. The quantitative estimate of drug-likeness (QED) is 0.569. The molecule has 4 rings (SSSR count). The second kappa shape index (κ2) is 9.38. The number of fused-ring (bicyclic) bond motifs is 1. The first-order chi connectivity index (χ1) is 15.6. The van der Waals surface area contributed by atoms with Gasteiger partial charge >= 0.3 is 5.97 Å². The van der Waals surface area contributed by atoms with E-state index in [9.17, 15) is 9.90 Å². The lowest BCUT2D eigenvalue weighted by atomic mass is 9.85. The van der Waals surface area contributed by atoms with Crippen molar-refractivity contribution in [3.63, 3.8) is 0 Å². The Hall–Kier alpha value is -2.53. The van der Waals surface area contributed by atoms with Crippen LogP contribution < -0.4 is 9.47 Å². The fourth-order valence-electron chi connectivity index (χ4n) is 5.14. The van der Waals surface area contributed by atoms with Crippen molar-refractivity contribution in [3.05, 3.63) is 58.1 Å². The molecule has 1 fully saturated rings. The van der Waals surface area contributed by atoms with Gasteiger partial charge in [0.15, 0.2) is 0 Å². The topological polar surface area (TPSA) is 65.0 Å². The van der Waals surface area contributed by atoms with Crippen LogP contribution in [0.1, 0.15) is 80.7 Å². The number of hydrogen-bond donors (Lipinski definition) is 1. The molecule has 2 aliphatic rings.